The van der Waals surface area contributed by atoms with Crippen molar-refractivity contribution in [3.05, 3.63) is 59.7 Å². The minimum Gasteiger partial charge on any atom is -0.497 e. The van der Waals surface area contributed by atoms with Crippen LogP contribution in [0.4, 0.5) is 5.69 Å². The van der Waals surface area contributed by atoms with Crippen molar-refractivity contribution in [1.29, 1.82) is 0 Å². The number of carbonyl (C=O) groups is 2. The zero-order valence-electron chi connectivity index (χ0n) is 16.6. The number of hydrogen-bond acceptors (Lipinski definition) is 6. The fraction of sp³-hybridized carbons (Fsp3) is 0.300. The van der Waals surface area contributed by atoms with E-state index < -0.39 is 31.3 Å². The zero-order valence-corrected chi connectivity index (χ0v) is 16.6. The van der Waals surface area contributed by atoms with Crippen LogP contribution in [-0.4, -0.2) is 42.5 Å². The number of methoxy groups -OCH3 is 1. The number of amides is 2. The number of hydrogen-bond donors (Lipinski definition) is 4. The summed E-state index contributed by atoms with van der Waals surface area (Å²) < 4.78 is 10.1. The molecule has 0 bridgehead atoms. The van der Waals surface area contributed by atoms with E-state index in [1.54, 1.807) is 24.3 Å². The summed E-state index contributed by atoms with van der Waals surface area (Å²) in [5.41, 5.74) is 2.39. The zero-order chi connectivity index (χ0) is 21.4. The first kappa shape index (κ1) is 22.4. The summed E-state index contributed by atoms with van der Waals surface area (Å²) >= 11 is 0. The molecule has 2 unspecified atom stereocenters. The molecular formula is C20H25BN2O6. The van der Waals surface area contributed by atoms with Gasteiger partial charge in [-0.05, 0) is 31.5 Å². The van der Waals surface area contributed by atoms with Gasteiger partial charge in [0.05, 0.1) is 7.11 Å². The Kier molecular flexibility index (Phi) is 8.20. The lowest BCUT2D eigenvalue weighted by Crippen LogP contribution is -2.46. The van der Waals surface area contributed by atoms with Crippen LogP contribution in [0.3, 0.4) is 0 Å². The summed E-state index contributed by atoms with van der Waals surface area (Å²) in [4.78, 5) is 24.9. The maximum atomic E-state index is 12.5. The van der Waals surface area contributed by atoms with Crippen LogP contribution < -0.4 is 15.4 Å². The smallest absolute Gasteiger partial charge is 0.497 e. The molecule has 29 heavy (non-hydrogen) atoms. The van der Waals surface area contributed by atoms with Crippen LogP contribution in [0.25, 0.3) is 0 Å². The number of aryl methyl sites for hydroxylation is 1. The lowest BCUT2D eigenvalue weighted by molar-refractivity contribution is -0.133. The fourth-order valence-electron chi connectivity index (χ4n) is 2.57. The topological polar surface area (TPSA) is 117 Å². The normalized spacial score (nSPS) is 12.6. The Morgan fingerprint density at radius 3 is 2.41 bits per heavy atom. The molecule has 0 aliphatic heterocycles. The third-order valence-corrected chi connectivity index (χ3v) is 4.25. The average Bonchev–Trinajstić information content (AvgIpc) is 2.68. The molecule has 0 fully saturated rings. The van der Waals surface area contributed by atoms with Crippen LogP contribution in [0.5, 0.6) is 5.75 Å². The molecule has 9 heteroatoms. The molecular weight excluding hydrogens is 375 g/mol. The number of nitrogens with one attached hydrogen (secondary N) is 2. The SMILES string of the molecule is COc1cccc(NC(=O)C(C)C(=O)NC(Cc2ccc(C)cc2)OB(O)O)c1. The molecule has 154 valence electrons. The van der Waals surface area contributed by atoms with Crippen molar-refractivity contribution in [2.24, 2.45) is 5.92 Å². The Hall–Kier alpha value is -2.88. The second-order valence-electron chi connectivity index (χ2n) is 6.59. The largest absolute Gasteiger partial charge is 0.635 e. The predicted octanol–water partition coefficient (Wildman–Crippen LogP) is 1.25. The third kappa shape index (κ3) is 7.22. The minimum absolute atomic E-state index is 0.202. The van der Waals surface area contributed by atoms with Crippen LogP contribution in [0.2, 0.25) is 0 Å². The number of carbonyl (C=O) groups excluding carboxylic acids is 2. The highest BCUT2D eigenvalue weighted by Crippen LogP contribution is 2.17. The highest BCUT2D eigenvalue weighted by Gasteiger charge is 2.26. The first-order chi connectivity index (χ1) is 13.8. The predicted molar refractivity (Wildman–Crippen MR) is 109 cm³/mol. The molecule has 0 spiro atoms. The van der Waals surface area contributed by atoms with Gasteiger partial charge in [0.25, 0.3) is 0 Å². The second-order valence-corrected chi connectivity index (χ2v) is 6.59. The fourth-order valence-corrected chi connectivity index (χ4v) is 2.57. The maximum absolute atomic E-state index is 12.5. The monoisotopic (exact) mass is 400 g/mol. The highest BCUT2D eigenvalue weighted by molar-refractivity contribution is 6.32. The molecule has 0 heterocycles. The lowest BCUT2D eigenvalue weighted by Gasteiger charge is -2.21. The van der Waals surface area contributed by atoms with Crippen LogP contribution in [0, 0.1) is 12.8 Å². The quantitative estimate of drug-likeness (QED) is 0.286. The summed E-state index contributed by atoms with van der Waals surface area (Å²) in [5, 5.41) is 23.5. The van der Waals surface area contributed by atoms with E-state index in [-0.39, 0.29) is 6.42 Å². The molecule has 2 rings (SSSR count). The van der Waals surface area contributed by atoms with E-state index in [9.17, 15) is 9.59 Å². The Labute approximate surface area is 170 Å². The van der Waals surface area contributed by atoms with Gasteiger partial charge in [-0.25, -0.2) is 0 Å². The molecule has 0 saturated carbocycles. The van der Waals surface area contributed by atoms with Crippen molar-refractivity contribution in [1.82, 2.24) is 5.32 Å². The first-order valence-electron chi connectivity index (χ1n) is 9.11. The van der Waals surface area contributed by atoms with Crippen molar-refractivity contribution < 1.29 is 29.0 Å². The molecule has 2 aromatic rings. The van der Waals surface area contributed by atoms with Gasteiger partial charge in [-0.3, -0.25) is 9.59 Å². The van der Waals surface area contributed by atoms with E-state index in [0.717, 1.165) is 11.1 Å². The Balaban J connectivity index is 2.00. The molecule has 0 saturated heterocycles. The van der Waals surface area contributed by atoms with Crippen LogP contribution >= 0.6 is 0 Å². The van der Waals surface area contributed by atoms with E-state index in [4.69, 9.17) is 19.4 Å². The van der Waals surface area contributed by atoms with Crippen molar-refractivity contribution in [3.63, 3.8) is 0 Å². The third-order valence-electron chi connectivity index (χ3n) is 4.25. The molecule has 8 nitrogen and oxygen atoms in total. The highest BCUT2D eigenvalue weighted by atomic mass is 16.6. The van der Waals surface area contributed by atoms with Crippen LogP contribution in [0.1, 0.15) is 18.1 Å². The Morgan fingerprint density at radius 1 is 1.10 bits per heavy atom. The Morgan fingerprint density at radius 2 is 1.79 bits per heavy atom. The summed E-state index contributed by atoms with van der Waals surface area (Å²) in [6.07, 6.45) is -0.814. The van der Waals surface area contributed by atoms with Gasteiger partial charge in [0.15, 0.2) is 0 Å². The first-order valence-corrected chi connectivity index (χ1v) is 9.11. The van der Waals surface area contributed by atoms with Crippen LogP contribution in [0.15, 0.2) is 48.5 Å². The van der Waals surface area contributed by atoms with Gasteiger partial charge in [0, 0.05) is 18.2 Å². The van der Waals surface area contributed by atoms with Gasteiger partial charge < -0.3 is 30.1 Å². The van der Waals surface area contributed by atoms with Crippen LogP contribution in [-0.2, 0) is 20.7 Å². The number of ether oxygens (including phenoxy) is 1. The maximum Gasteiger partial charge on any atom is 0.635 e. The number of benzene rings is 2. The van der Waals surface area contributed by atoms with Gasteiger partial charge in [0.1, 0.15) is 17.9 Å². The van der Waals surface area contributed by atoms with E-state index in [1.807, 2.05) is 31.2 Å². The van der Waals surface area contributed by atoms with Gasteiger partial charge in [-0.15, -0.1) is 0 Å². The molecule has 4 N–H and O–H groups in total. The van der Waals surface area contributed by atoms with Gasteiger partial charge in [-0.2, -0.15) is 0 Å². The van der Waals surface area contributed by atoms with E-state index >= 15 is 0 Å². The molecule has 2 atom stereocenters. The minimum atomic E-state index is -2.06. The van der Waals surface area contributed by atoms with E-state index in [0.29, 0.717) is 11.4 Å². The molecule has 2 aromatic carbocycles. The second kappa shape index (κ2) is 10.6. The number of anilines is 1. The Bertz CT molecular complexity index is 828. The summed E-state index contributed by atoms with van der Waals surface area (Å²) in [7, 11) is -0.549. The number of rotatable bonds is 9. The summed E-state index contributed by atoms with van der Waals surface area (Å²) in [6.45, 7) is 3.39. The molecule has 0 aromatic heterocycles. The van der Waals surface area contributed by atoms with E-state index in [1.165, 1.54) is 14.0 Å². The summed E-state index contributed by atoms with van der Waals surface area (Å²) in [5.74, 6) is -1.60. The molecule has 2 amide bonds. The average molecular weight is 400 g/mol. The van der Waals surface area contributed by atoms with Crippen molar-refractivity contribution in [2.45, 2.75) is 26.5 Å². The van der Waals surface area contributed by atoms with Gasteiger partial charge in [0.2, 0.25) is 11.8 Å². The van der Waals surface area contributed by atoms with Crippen molar-refractivity contribution >= 4 is 24.8 Å². The molecule has 0 aliphatic rings. The van der Waals surface area contributed by atoms with Gasteiger partial charge >= 0.3 is 7.32 Å². The summed E-state index contributed by atoms with van der Waals surface area (Å²) in [6, 6.07) is 14.2. The van der Waals surface area contributed by atoms with E-state index in [2.05, 4.69) is 10.6 Å². The molecule has 0 aliphatic carbocycles. The molecule has 0 radical (unpaired) electrons. The van der Waals surface area contributed by atoms with Crippen molar-refractivity contribution in [2.75, 3.05) is 12.4 Å². The standard InChI is InChI=1S/C20H25BN2O6/c1-13-7-9-15(10-8-13)11-18(29-21(26)27)23-20(25)14(2)19(24)22-16-5-4-6-17(12-16)28-3/h4-10,12,14,18,26-27H,11H2,1-3H3,(H,22,24)(H,23,25). The van der Waals surface area contributed by atoms with Gasteiger partial charge in [-0.1, -0.05) is 35.9 Å². The van der Waals surface area contributed by atoms with Crippen molar-refractivity contribution in [3.8, 4) is 5.75 Å². The lowest BCUT2D eigenvalue weighted by atomic mass is 10.1.